The number of nitrogens with one attached hydrogen (secondary N) is 1. The van der Waals surface area contributed by atoms with Gasteiger partial charge in [-0.1, -0.05) is 12.1 Å². The third-order valence-corrected chi connectivity index (χ3v) is 3.56. The minimum Gasteiger partial charge on any atom is -0.495 e. The summed E-state index contributed by atoms with van der Waals surface area (Å²) in [7, 11) is 1.54. The second kappa shape index (κ2) is 6.48. The largest absolute Gasteiger partial charge is 0.495 e. The Balaban J connectivity index is 1.83. The van der Waals surface area contributed by atoms with Gasteiger partial charge in [0.25, 0.3) is 0 Å². The monoisotopic (exact) mass is 315 g/mol. The fourth-order valence-corrected chi connectivity index (χ4v) is 2.44. The number of benzene rings is 2. The maximum atomic E-state index is 11.1. The lowest BCUT2D eigenvalue weighted by atomic mass is 10.1. The molecule has 1 heterocycles. The van der Waals surface area contributed by atoms with Crippen LogP contribution in [0.25, 0.3) is 0 Å². The number of para-hydroxylation sites is 1. The number of rotatable bonds is 5. The van der Waals surface area contributed by atoms with E-state index in [0.29, 0.717) is 31.2 Å². The quantitative estimate of drug-likeness (QED) is 0.883. The summed E-state index contributed by atoms with van der Waals surface area (Å²) < 4.78 is 16.5. The van der Waals surface area contributed by atoms with Gasteiger partial charge >= 0.3 is 5.97 Å². The van der Waals surface area contributed by atoms with Crippen LogP contribution < -0.4 is 19.5 Å². The summed E-state index contributed by atoms with van der Waals surface area (Å²) >= 11 is 0. The molecule has 2 aromatic rings. The predicted molar refractivity (Wildman–Crippen MR) is 84.7 cm³/mol. The van der Waals surface area contributed by atoms with Gasteiger partial charge in [0.1, 0.15) is 19.0 Å². The van der Waals surface area contributed by atoms with E-state index in [4.69, 9.17) is 19.3 Å². The van der Waals surface area contributed by atoms with E-state index in [9.17, 15) is 4.79 Å². The molecule has 120 valence electrons. The fourth-order valence-electron chi connectivity index (χ4n) is 2.44. The van der Waals surface area contributed by atoms with Gasteiger partial charge in [-0.25, -0.2) is 4.79 Å². The molecule has 2 N–H and O–H groups in total. The summed E-state index contributed by atoms with van der Waals surface area (Å²) in [5.41, 5.74) is 1.75. The van der Waals surface area contributed by atoms with E-state index in [0.717, 1.165) is 17.1 Å². The Morgan fingerprint density at radius 2 is 2.09 bits per heavy atom. The number of carboxylic acid groups (broad SMARTS) is 1. The zero-order valence-corrected chi connectivity index (χ0v) is 12.7. The maximum absolute atomic E-state index is 11.1. The van der Waals surface area contributed by atoms with Crippen molar-refractivity contribution in [1.82, 2.24) is 0 Å². The molecule has 3 rings (SSSR count). The minimum absolute atomic E-state index is 0.197. The molecule has 0 amide bonds. The number of aromatic carboxylic acids is 1. The Morgan fingerprint density at radius 3 is 2.87 bits per heavy atom. The first-order valence-corrected chi connectivity index (χ1v) is 7.21. The number of hydrogen-bond donors (Lipinski definition) is 2. The first-order chi connectivity index (χ1) is 11.2. The summed E-state index contributed by atoms with van der Waals surface area (Å²) in [6.07, 6.45) is 0. The number of carboxylic acids is 1. The SMILES string of the molecule is COc1ccc(C(=O)O)cc1NCc1cccc2c1OCCO2. The molecule has 0 bridgehead atoms. The standard InChI is InChI=1S/C17H17NO5/c1-21-14-6-5-11(17(19)20)9-13(14)18-10-12-3-2-4-15-16(12)23-8-7-22-15/h2-6,9,18H,7-8,10H2,1H3,(H,19,20). The Labute approximate surface area is 133 Å². The maximum Gasteiger partial charge on any atom is 0.335 e. The van der Waals surface area contributed by atoms with E-state index in [1.165, 1.54) is 6.07 Å². The Kier molecular flexibility index (Phi) is 4.23. The molecule has 0 unspecified atom stereocenters. The van der Waals surface area contributed by atoms with Gasteiger partial charge in [-0.15, -0.1) is 0 Å². The number of hydrogen-bond acceptors (Lipinski definition) is 5. The van der Waals surface area contributed by atoms with Gasteiger partial charge in [0.2, 0.25) is 0 Å². The van der Waals surface area contributed by atoms with Crippen molar-refractivity contribution in [2.45, 2.75) is 6.54 Å². The van der Waals surface area contributed by atoms with Crippen molar-refractivity contribution in [2.24, 2.45) is 0 Å². The van der Waals surface area contributed by atoms with Crippen molar-refractivity contribution in [1.29, 1.82) is 0 Å². The Hall–Kier alpha value is -2.89. The molecule has 6 nitrogen and oxygen atoms in total. The van der Waals surface area contributed by atoms with Gasteiger partial charge in [0, 0.05) is 12.1 Å². The average Bonchev–Trinajstić information content (AvgIpc) is 2.59. The molecule has 2 aromatic carbocycles. The van der Waals surface area contributed by atoms with Crippen LogP contribution in [-0.2, 0) is 6.54 Å². The molecular formula is C17H17NO5. The topological polar surface area (TPSA) is 77.0 Å². The number of fused-ring (bicyclic) bond motifs is 1. The lowest BCUT2D eigenvalue weighted by molar-refractivity contribution is 0.0697. The molecule has 1 aliphatic heterocycles. The summed E-state index contributed by atoms with van der Waals surface area (Å²) in [5, 5.41) is 12.3. The van der Waals surface area contributed by atoms with Gasteiger partial charge in [-0.2, -0.15) is 0 Å². The highest BCUT2D eigenvalue weighted by Gasteiger charge is 2.16. The van der Waals surface area contributed by atoms with Crippen LogP contribution >= 0.6 is 0 Å². The summed E-state index contributed by atoms with van der Waals surface area (Å²) in [6.45, 7) is 1.52. The number of carbonyl (C=O) groups is 1. The molecule has 0 spiro atoms. The van der Waals surface area contributed by atoms with Crippen LogP contribution in [0.2, 0.25) is 0 Å². The van der Waals surface area contributed by atoms with Crippen LogP contribution in [0.15, 0.2) is 36.4 Å². The highest BCUT2D eigenvalue weighted by Crippen LogP contribution is 2.34. The highest BCUT2D eigenvalue weighted by atomic mass is 16.6. The van der Waals surface area contributed by atoms with Crippen molar-refractivity contribution in [3.63, 3.8) is 0 Å². The molecule has 0 saturated heterocycles. The second-order valence-electron chi connectivity index (χ2n) is 5.02. The third kappa shape index (κ3) is 3.15. The lowest BCUT2D eigenvalue weighted by Gasteiger charge is -2.21. The molecule has 0 atom stereocenters. The lowest BCUT2D eigenvalue weighted by Crippen LogP contribution is -2.17. The van der Waals surface area contributed by atoms with Crippen LogP contribution in [0, 0.1) is 0 Å². The van der Waals surface area contributed by atoms with Crippen LogP contribution in [-0.4, -0.2) is 31.4 Å². The zero-order valence-electron chi connectivity index (χ0n) is 12.7. The van der Waals surface area contributed by atoms with E-state index in [2.05, 4.69) is 5.32 Å². The first kappa shape index (κ1) is 15.0. The summed E-state index contributed by atoms with van der Waals surface area (Å²) in [5.74, 6) is 1.04. The molecule has 0 saturated carbocycles. The van der Waals surface area contributed by atoms with E-state index in [1.807, 2.05) is 18.2 Å². The van der Waals surface area contributed by atoms with Gasteiger partial charge in [-0.3, -0.25) is 0 Å². The second-order valence-corrected chi connectivity index (χ2v) is 5.02. The predicted octanol–water partition coefficient (Wildman–Crippen LogP) is 2.78. The van der Waals surface area contributed by atoms with Crippen LogP contribution in [0.4, 0.5) is 5.69 Å². The van der Waals surface area contributed by atoms with Gasteiger partial charge < -0.3 is 24.6 Å². The molecule has 0 aliphatic carbocycles. The van der Waals surface area contributed by atoms with E-state index in [1.54, 1.807) is 19.2 Å². The smallest absolute Gasteiger partial charge is 0.335 e. The van der Waals surface area contributed by atoms with Crippen LogP contribution in [0.3, 0.4) is 0 Å². The molecule has 0 aromatic heterocycles. The van der Waals surface area contributed by atoms with Crippen molar-refractivity contribution < 1.29 is 24.1 Å². The number of methoxy groups -OCH3 is 1. The Bertz CT molecular complexity index is 729. The van der Waals surface area contributed by atoms with Gasteiger partial charge in [0.15, 0.2) is 11.5 Å². The van der Waals surface area contributed by atoms with Crippen molar-refractivity contribution >= 4 is 11.7 Å². The highest BCUT2D eigenvalue weighted by molar-refractivity contribution is 5.89. The first-order valence-electron chi connectivity index (χ1n) is 7.21. The molecule has 0 radical (unpaired) electrons. The molecular weight excluding hydrogens is 298 g/mol. The van der Waals surface area contributed by atoms with E-state index in [-0.39, 0.29) is 5.56 Å². The normalized spacial score (nSPS) is 12.6. The molecule has 0 fully saturated rings. The summed E-state index contributed by atoms with van der Waals surface area (Å²) in [4.78, 5) is 11.1. The van der Waals surface area contributed by atoms with Crippen LogP contribution in [0.5, 0.6) is 17.2 Å². The third-order valence-electron chi connectivity index (χ3n) is 3.56. The fraction of sp³-hybridized carbons (Fsp3) is 0.235. The van der Waals surface area contributed by atoms with Gasteiger partial charge in [-0.05, 0) is 24.3 Å². The van der Waals surface area contributed by atoms with E-state index < -0.39 is 5.97 Å². The minimum atomic E-state index is -0.982. The number of ether oxygens (including phenoxy) is 3. The van der Waals surface area contributed by atoms with Crippen LogP contribution in [0.1, 0.15) is 15.9 Å². The average molecular weight is 315 g/mol. The van der Waals surface area contributed by atoms with Crippen molar-refractivity contribution in [3.8, 4) is 17.2 Å². The molecule has 23 heavy (non-hydrogen) atoms. The van der Waals surface area contributed by atoms with Crippen molar-refractivity contribution in [2.75, 3.05) is 25.6 Å². The molecule has 6 heteroatoms. The Morgan fingerprint density at radius 1 is 1.26 bits per heavy atom. The van der Waals surface area contributed by atoms with Crippen molar-refractivity contribution in [3.05, 3.63) is 47.5 Å². The number of anilines is 1. The van der Waals surface area contributed by atoms with E-state index >= 15 is 0 Å². The summed E-state index contributed by atoms with van der Waals surface area (Å²) in [6, 6.07) is 10.4. The zero-order chi connectivity index (χ0) is 16.2. The molecule has 1 aliphatic rings. The van der Waals surface area contributed by atoms with Gasteiger partial charge in [0.05, 0.1) is 18.4 Å².